The Hall–Kier alpha value is -0.990. The van der Waals surface area contributed by atoms with E-state index in [1.165, 1.54) is 83.5 Å². The molecule has 2 saturated carbocycles. The highest BCUT2D eigenvalue weighted by molar-refractivity contribution is 7.47. The third-order valence-electron chi connectivity index (χ3n) is 16.0. The van der Waals surface area contributed by atoms with E-state index in [-0.39, 0.29) is 12.8 Å². The predicted octanol–water partition coefficient (Wildman–Crippen LogP) is 0.989. The van der Waals surface area contributed by atoms with Crippen LogP contribution in [-0.2, 0) is 41.5 Å². The lowest BCUT2D eigenvalue weighted by atomic mass is 9.84. The summed E-state index contributed by atoms with van der Waals surface area (Å²) in [6.07, 6.45) is -15.8. The number of phosphoric acid groups is 2. The van der Waals surface area contributed by atoms with Crippen LogP contribution in [0.4, 0.5) is 0 Å². The van der Waals surface area contributed by atoms with Crippen molar-refractivity contribution in [3.05, 3.63) is 0 Å². The number of carbonyl (C=O) groups excluding carboxylic acids is 1. The number of amides is 1. The van der Waals surface area contributed by atoms with Gasteiger partial charge in [-0.3, -0.25) is 22.9 Å². The summed E-state index contributed by atoms with van der Waals surface area (Å²) in [7, 11) is -11.2. The molecular weight excluding hydrogens is 1140 g/mol. The van der Waals surface area contributed by atoms with Gasteiger partial charge >= 0.3 is 15.6 Å². The molecule has 18 N–H and O–H groups in total. The van der Waals surface area contributed by atoms with Gasteiger partial charge in [0.25, 0.3) is 0 Å². The molecule has 14 unspecified atom stereocenters. The highest BCUT2D eigenvalue weighted by atomic mass is 31.2. The quantitative estimate of drug-likeness (QED) is 0.0299. The van der Waals surface area contributed by atoms with Crippen LogP contribution in [0.15, 0.2) is 0 Å². The standard InChI is InChI=1S/C54H105NO26P2/c1-3-5-7-9-11-13-15-17-18-20-22-24-26-28-30-35(57)53(71)55-33(37(58)34(56)29-27-25-23-21-19-16-14-12-10-8-6-4-2)31-76-82(72,73)81-52-48(69)44(65)43(64)47(68)51(52)79-54-49(70)39(60)38(59)36(78-54)32-77-83(74,75)80-50-45(66)41(62)40(61)42(63)46(50)67/h33-52,54,56-70H,3-32H2,1-2H3,(H,55,71)(H,72,73)(H,74,75)/t33-,34+,35?,36+,37-,38+,39?,40?,41+,42?,43?,44?,45?,46?,47+,48?,49?,50?,51?,52-,54+/m0/s1. The molecule has 1 saturated heterocycles. The van der Waals surface area contributed by atoms with Gasteiger partial charge in [0.05, 0.1) is 25.4 Å². The van der Waals surface area contributed by atoms with E-state index in [1.807, 2.05) is 0 Å². The molecule has 27 nitrogen and oxygen atoms in total. The average Bonchev–Trinajstić information content (AvgIpc) is 2.33. The number of phosphoric ester groups is 2. The van der Waals surface area contributed by atoms with E-state index >= 15 is 0 Å². The average molecular weight is 1250 g/mol. The van der Waals surface area contributed by atoms with Crippen LogP contribution in [0.5, 0.6) is 0 Å². The number of unbranched alkanes of at least 4 members (excludes halogenated alkanes) is 24. The minimum atomic E-state index is -5.68. The molecule has 2 aliphatic carbocycles. The number of nitrogens with one attached hydrogen (secondary N) is 1. The van der Waals surface area contributed by atoms with Crippen LogP contribution in [0.25, 0.3) is 0 Å². The number of aliphatic hydroxyl groups is 15. The lowest BCUT2D eigenvalue weighted by Gasteiger charge is -2.47. The van der Waals surface area contributed by atoms with Crippen molar-refractivity contribution in [2.45, 2.75) is 322 Å². The molecule has 29 heteroatoms. The van der Waals surface area contributed by atoms with Gasteiger partial charge < -0.3 is 101 Å². The fourth-order valence-electron chi connectivity index (χ4n) is 10.6. The van der Waals surface area contributed by atoms with Gasteiger partial charge in [-0.15, -0.1) is 0 Å². The second-order valence-electron chi connectivity index (χ2n) is 23.0. The van der Waals surface area contributed by atoms with E-state index in [4.69, 9.17) is 27.6 Å². The SMILES string of the molecule is CCCCCCCCCCCCCCCCC(O)C(=O)N[C@@H](COP(=O)(O)O[C@H]1C(O)C(O)C(O)[C@@H](O)C1O[C@H]1O[C@H](COP(=O)(O)OC2C(O)C(O)C(O)[C@@H](O)C2O)[C@@H](O)C(O)C1O)[C@H](O)[C@H](O)CCCCCCCCCCCCCC. The summed E-state index contributed by atoms with van der Waals surface area (Å²) >= 11 is 0. The van der Waals surface area contributed by atoms with Crippen LogP contribution in [0, 0.1) is 0 Å². The Morgan fingerprint density at radius 3 is 1.24 bits per heavy atom. The van der Waals surface area contributed by atoms with Crippen molar-refractivity contribution >= 4 is 21.6 Å². The molecule has 0 aromatic carbocycles. The minimum absolute atomic E-state index is 0.0360. The summed E-state index contributed by atoms with van der Waals surface area (Å²) in [5.41, 5.74) is 0. The molecule has 0 spiro atoms. The number of ether oxygens (including phenoxy) is 2. The largest absolute Gasteiger partial charge is 0.472 e. The van der Waals surface area contributed by atoms with Gasteiger partial charge in [-0.05, 0) is 12.8 Å². The van der Waals surface area contributed by atoms with Crippen molar-refractivity contribution in [2.75, 3.05) is 13.2 Å². The van der Waals surface area contributed by atoms with E-state index in [9.17, 15) is 100 Å². The Kier molecular flexibility index (Phi) is 36.7. The van der Waals surface area contributed by atoms with Crippen LogP contribution in [0.3, 0.4) is 0 Å². The second kappa shape index (κ2) is 39.9. The zero-order valence-electron chi connectivity index (χ0n) is 48.5. The van der Waals surface area contributed by atoms with Crippen LogP contribution >= 0.6 is 15.6 Å². The lowest BCUT2D eigenvalue weighted by molar-refractivity contribution is -0.337. The summed E-state index contributed by atoms with van der Waals surface area (Å²) in [4.78, 5) is 34.9. The Morgan fingerprint density at radius 1 is 0.446 bits per heavy atom. The molecule has 83 heavy (non-hydrogen) atoms. The molecule has 0 aromatic rings. The maximum atomic E-state index is 13.8. The molecule has 1 aliphatic heterocycles. The zero-order valence-corrected chi connectivity index (χ0v) is 50.3. The molecule has 23 atom stereocenters. The second-order valence-corrected chi connectivity index (χ2v) is 25.8. The van der Waals surface area contributed by atoms with E-state index in [0.717, 1.165) is 64.2 Å². The van der Waals surface area contributed by atoms with Gasteiger partial charge in [0, 0.05) is 0 Å². The first-order chi connectivity index (χ1) is 39.3. The molecule has 0 radical (unpaired) electrons. The molecule has 1 amide bonds. The van der Waals surface area contributed by atoms with Gasteiger partial charge in [0.15, 0.2) is 6.29 Å². The lowest BCUT2D eigenvalue weighted by Crippen LogP contribution is -2.67. The minimum Gasteiger partial charge on any atom is -0.390 e. The highest BCUT2D eigenvalue weighted by Gasteiger charge is 2.56. The van der Waals surface area contributed by atoms with Crippen molar-refractivity contribution < 1.29 is 128 Å². The van der Waals surface area contributed by atoms with Gasteiger partial charge in [0.1, 0.15) is 110 Å². The molecule has 1 heterocycles. The predicted molar refractivity (Wildman–Crippen MR) is 297 cm³/mol. The summed E-state index contributed by atoms with van der Waals surface area (Å²) in [6.45, 7) is 2.01. The smallest absolute Gasteiger partial charge is 0.390 e. The Balaban J connectivity index is 1.68. The highest BCUT2D eigenvalue weighted by Crippen LogP contribution is 2.49. The third kappa shape index (κ3) is 26.2. The van der Waals surface area contributed by atoms with Crippen LogP contribution in [-0.4, -0.2) is 234 Å². The van der Waals surface area contributed by atoms with Crippen LogP contribution < -0.4 is 5.32 Å². The number of hydrogen-bond acceptors (Lipinski definition) is 24. The van der Waals surface area contributed by atoms with Gasteiger partial charge in [-0.1, -0.05) is 181 Å². The molecule has 492 valence electrons. The fourth-order valence-corrected chi connectivity index (χ4v) is 12.5. The summed E-state index contributed by atoms with van der Waals surface area (Å²) in [5.74, 6) is -0.992. The molecule has 3 aliphatic rings. The maximum Gasteiger partial charge on any atom is 0.472 e. The number of carbonyl (C=O) groups is 1. The molecule has 3 rings (SSSR count). The third-order valence-corrected chi connectivity index (χ3v) is 18.0. The van der Waals surface area contributed by atoms with Crippen molar-refractivity contribution in [1.82, 2.24) is 5.32 Å². The first-order valence-corrected chi connectivity index (χ1v) is 33.4. The number of hydrogen-bond donors (Lipinski definition) is 18. The van der Waals surface area contributed by atoms with E-state index in [2.05, 4.69) is 19.2 Å². The van der Waals surface area contributed by atoms with Gasteiger partial charge in [0.2, 0.25) is 5.91 Å². The maximum absolute atomic E-state index is 13.8. The topological polar surface area (TPSA) is 463 Å². The zero-order chi connectivity index (χ0) is 61.9. The monoisotopic (exact) mass is 1250 g/mol. The van der Waals surface area contributed by atoms with E-state index in [1.54, 1.807) is 0 Å². The Morgan fingerprint density at radius 2 is 0.795 bits per heavy atom. The molecule has 0 bridgehead atoms. The number of aliphatic hydroxyl groups excluding tert-OH is 15. The van der Waals surface area contributed by atoms with Crippen LogP contribution in [0.2, 0.25) is 0 Å². The van der Waals surface area contributed by atoms with Crippen molar-refractivity contribution in [3.8, 4) is 0 Å². The fraction of sp³-hybridized carbons (Fsp3) is 0.981. The Bertz CT molecular complexity index is 1820. The van der Waals surface area contributed by atoms with Crippen molar-refractivity contribution in [2.24, 2.45) is 0 Å². The van der Waals surface area contributed by atoms with Crippen LogP contribution in [0.1, 0.15) is 194 Å². The van der Waals surface area contributed by atoms with Gasteiger partial charge in [-0.25, -0.2) is 9.13 Å². The normalized spacial score (nSPS) is 33.5. The molecule has 0 aromatic heterocycles. The molecular formula is C54H105NO26P2. The first kappa shape index (κ1) is 76.3. The summed E-state index contributed by atoms with van der Waals surface area (Å²) in [6, 6.07) is -1.69. The Labute approximate surface area is 488 Å². The summed E-state index contributed by atoms with van der Waals surface area (Å²) in [5, 5.41) is 162. The molecule has 3 fully saturated rings. The van der Waals surface area contributed by atoms with E-state index < -0.39 is 163 Å². The summed E-state index contributed by atoms with van der Waals surface area (Å²) < 4.78 is 57.6. The van der Waals surface area contributed by atoms with E-state index in [0.29, 0.717) is 19.3 Å². The first-order valence-electron chi connectivity index (χ1n) is 30.4. The number of rotatable bonds is 44. The van der Waals surface area contributed by atoms with Crippen molar-refractivity contribution in [1.29, 1.82) is 0 Å². The van der Waals surface area contributed by atoms with Gasteiger partial charge in [-0.2, -0.15) is 0 Å². The van der Waals surface area contributed by atoms with Crippen molar-refractivity contribution in [3.63, 3.8) is 0 Å².